The fourth-order valence-corrected chi connectivity index (χ4v) is 2.83. The van der Waals surface area contributed by atoms with Crippen molar-refractivity contribution in [2.45, 2.75) is 6.92 Å². The number of carbonyl (C=O) groups excluding carboxylic acids is 1. The first-order chi connectivity index (χ1) is 7.91. The molecule has 0 unspecified atom stereocenters. The van der Waals surface area contributed by atoms with Crippen molar-refractivity contribution in [2.24, 2.45) is 7.05 Å². The molecule has 0 aliphatic rings. The molecule has 2 aromatic rings. The molecule has 0 fully saturated rings. The summed E-state index contributed by atoms with van der Waals surface area (Å²) in [5.74, 6) is -0.187. The number of hydrazine groups is 1. The van der Waals surface area contributed by atoms with Gasteiger partial charge in [0.25, 0.3) is 5.91 Å². The smallest absolute Gasteiger partial charge is 0.277 e. The lowest BCUT2D eigenvalue weighted by molar-refractivity contribution is 0.0862. The van der Waals surface area contributed by atoms with Crippen molar-refractivity contribution in [1.29, 1.82) is 0 Å². The van der Waals surface area contributed by atoms with Crippen LogP contribution in [0.5, 0.6) is 0 Å². The Labute approximate surface area is 103 Å². The second kappa shape index (κ2) is 4.01. The number of amides is 1. The van der Waals surface area contributed by atoms with E-state index in [2.05, 4.69) is 10.5 Å². The number of hydrogen-bond donors (Lipinski definition) is 2. The summed E-state index contributed by atoms with van der Waals surface area (Å²) in [5, 5.41) is 6.75. The molecule has 2 heterocycles. The second-order valence-corrected chi connectivity index (χ2v) is 5.07. The van der Waals surface area contributed by atoms with E-state index in [4.69, 9.17) is 5.73 Å². The SMILES string of the molecule is Cc1nn(C)c2sc(C(=O)NN(C)C)c(N)c12. The molecule has 0 radical (unpaired) electrons. The third kappa shape index (κ3) is 1.87. The maximum Gasteiger partial charge on any atom is 0.277 e. The van der Waals surface area contributed by atoms with Crippen LogP contribution in [-0.4, -0.2) is 34.8 Å². The van der Waals surface area contributed by atoms with Crippen molar-refractivity contribution in [1.82, 2.24) is 20.2 Å². The van der Waals surface area contributed by atoms with Crippen molar-refractivity contribution in [2.75, 3.05) is 19.8 Å². The summed E-state index contributed by atoms with van der Waals surface area (Å²) >= 11 is 1.36. The molecule has 2 rings (SSSR count). The highest BCUT2D eigenvalue weighted by molar-refractivity contribution is 7.21. The van der Waals surface area contributed by atoms with E-state index >= 15 is 0 Å². The van der Waals surface area contributed by atoms with Crippen LogP contribution in [0.1, 0.15) is 15.4 Å². The minimum absolute atomic E-state index is 0.187. The summed E-state index contributed by atoms with van der Waals surface area (Å²) in [6, 6.07) is 0. The Morgan fingerprint density at radius 1 is 1.53 bits per heavy atom. The summed E-state index contributed by atoms with van der Waals surface area (Å²) in [7, 11) is 5.36. The largest absolute Gasteiger partial charge is 0.397 e. The van der Waals surface area contributed by atoms with Gasteiger partial charge in [-0.05, 0) is 6.92 Å². The molecule has 0 aromatic carbocycles. The van der Waals surface area contributed by atoms with Gasteiger partial charge in [0, 0.05) is 21.1 Å². The number of fused-ring (bicyclic) bond motifs is 1. The molecular weight excluding hydrogens is 238 g/mol. The van der Waals surface area contributed by atoms with Crippen molar-refractivity contribution in [3.05, 3.63) is 10.6 Å². The predicted molar refractivity (Wildman–Crippen MR) is 68.9 cm³/mol. The van der Waals surface area contributed by atoms with Crippen LogP contribution in [0.3, 0.4) is 0 Å². The molecule has 0 aliphatic carbocycles. The van der Waals surface area contributed by atoms with Gasteiger partial charge in [-0.1, -0.05) is 0 Å². The summed E-state index contributed by atoms with van der Waals surface area (Å²) in [6.07, 6.45) is 0. The Balaban J connectivity index is 2.53. The maximum atomic E-state index is 11.9. The second-order valence-electron chi connectivity index (χ2n) is 4.07. The minimum Gasteiger partial charge on any atom is -0.397 e. The number of thiophene rings is 1. The molecule has 17 heavy (non-hydrogen) atoms. The lowest BCUT2D eigenvalue weighted by Crippen LogP contribution is -2.35. The van der Waals surface area contributed by atoms with Gasteiger partial charge < -0.3 is 5.73 Å². The predicted octanol–water partition coefficient (Wildman–Crippen LogP) is 0.732. The van der Waals surface area contributed by atoms with Gasteiger partial charge in [0.15, 0.2) is 0 Å². The van der Waals surface area contributed by atoms with Crippen molar-refractivity contribution < 1.29 is 4.79 Å². The molecule has 2 aromatic heterocycles. The zero-order valence-electron chi connectivity index (χ0n) is 10.2. The highest BCUT2D eigenvalue weighted by atomic mass is 32.1. The van der Waals surface area contributed by atoms with E-state index in [0.717, 1.165) is 15.9 Å². The Morgan fingerprint density at radius 3 is 2.71 bits per heavy atom. The molecule has 0 saturated carbocycles. The monoisotopic (exact) mass is 253 g/mol. The summed E-state index contributed by atoms with van der Waals surface area (Å²) in [4.78, 5) is 13.4. The zero-order valence-corrected chi connectivity index (χ0v) is 11.1. The molecule has 0 saturated heterocycles. The zero-order chi connectivity index (χ0) is 12.7. The van der Waals surface area contributed by atoms with Crippen LogP contribution in [0, 0.1) is 6.92 Å². The van der Waals surface area contributed by atoms with E-state index in [9.17, 15) is 4.79 Å². The fourth-order valence-electron chi connectivity index (χ4n) is 1.75. The number of nitrogens with two attached hydrogens (primary N) is 1. The number of carbonyl (C=O) groups is 1. The number of nitrogens with one attached hydrogen (secondary N) is 1. The molecule has 92 valence electrons. The van der Waals surface area contributed by atoms with Gasteiger partial charge in [0.1, 0.15) is 9.71 Å². The first kappa shape index (κ1) is 11.9. The van der Waals surface area contributed by atoms with Crippen LogP contribution in [0.25, 0.3) is 10.2 Å². The molecule has 3 N–H and O–H groups in total. The number of anilines is 1. The lowest BCUT2D eigenvalue weighted by atomic mass is 10.2. The molecule has 0 atom stereocenters. The van der Waals surface area contributed by atoms with Gasteiger partial charge in [0.05, 0.1) is 16.8 Å². The van der Waals surface area contributed by atoms with Crippen LogP contribution >= 0.6 is 11.3 Å². The summed E-state index contributed by atoms with van der Waals surface area (Å²) in [6.45, 7) is 1.89. The maximum absolute atomic E-state index is 11.9. The lowest BCUT2D eigenvalue weighted by Gasteiger charge is -2.10. The standard InChI is InChI=1S/C10H15N5OS/c1-5-6-7(11)8(9(16)13-14(2)3)17-10(6)15(4)12-5/h11H2,1-4H3,(H,13,16). The Kier molecular flexibility index (Phi) is 2.80. The third-order valence-corrected chi connectivity index (χ3v) is 3.68. The molecule has 7 heteroatoms. The topological polar surface area (TPSA) is 76.2 Å². The third-order valence-electron chi connectivity index (χ3n) is 2.41. The molecule has 1 amide bonds. The Hall–Kier alpha value is -1.60. The van der Waals surface area contributed by atoms with E-state index in [1.165, 1.54) is 11.3 Å². The van der Waals surface area contributed by atoms with Crippen LogP contribution in [0.2, 0.25) is 0 Å². The van der Waals surface area contributed by atoms with E-state index in [0.29, 0.717) is 10.6 Å². The number of nitrogen functional groups attached to an aromatic ring is 1. The van der Waals surface area contributed by atoms with Crippen LogP contribution in [-0.2, 0) is 7.05 Å². The van der Waals surface area contributed by atoms with E-state index in [1.807, 2.05) is 14.0 Å². The molecule has 0 spiro atoms. The molecule has 0 bridgehead atoms. The first-order valence-electron chi connectivity index (χ1n) is 5.11. The highest BCUT2D eigenvalue weighted by Gasteiger charge is 2.20. The average Bonchev–Trinajstić information content (AvgIpc) is 2.67. The quantitative estimate of drug-likeness (QED) is 0.774. The van der Waals surface area contributed by atoms with E-state index in [1.54, 1.807) is 23.8 Å². The van der Waals surface area contributed by atoms with Crippen molar-refractivity contribution >= 4 is 33.1 Å². The van der Waals surface area contributed by atoms with E-state index < -0.39 is 0 Å². The van der Waals surface area contributed by atoms with E-state index in [-0.39, 0.29) is 5.91 Å². The van der Waals surface area contributed by atoms with Crippen LogP contribution in [0.4, 0.5) is 5.69 Å². The van der Waals surface area contributed by atoms with Gasteiger partial charge in [-0.3, -0.25) is 14.9 Å². The van der Waals surface area contributed by atoms with Gasteiger partial charge in [-0.2, -0.15) is 5.10 Å². The normalized spacial score (nSPS) is 11.4. The molecule has 0 aliphatic heterocycles. The number of aryl methyl sites for hydroxylation is 2. The summed E-state index contributed by atoms with van der Waals surface area (Å²) in [5.41, 5.74) is 10.0. The van der Waals surface area contributed by atoms with Gasteiger partial charge >= 0.3 is 0 Å². The van der Waals surface area contributed by atoms with Crippen molar-refractivity contribution in [3.8, 4) is 0 Å². The molecular formula is C10H15N5OS. The number of nitrogens with zero attached hydrogens (tertiary/aromatic N) is 3. The number of hydrogen-bond acceptors (Lipinski definition) is 5. The highest BCUT2D eigenvalue weighted by Crippen LogP contribution is 2.35. The number of aromatic nitrogens is 2. The van der Waals surface area contributed by atoms with Gasteiger partial charge in [-0.15, -0.1) is 11.3 Å². The van der Waals surface area contributed by atoms with Gasteiger partial charge in [-0.25, -0.2) is 5.01 Å². The molecule has 6 nitrogen and oxygen atoms in total. The fraction of sp³-hybridized carbons (Fsp3) is 0.400. The van der Waals surface area contributed by atoms with Crippen LogP contribution < -0.4 is 11.2 Å². The van der Waals surface area contributed by atoms with Crippen molar-refractivity contribution in [3.63, 3.8) is 0 Å². The number of rotatable bonds is 2. The summed E-state index contributed by atoms with van der Waals surface area (Å²) < 4.78 is 1.75. The Bertz CT molecular complexity index is 583. The van der Waals surface area contributed by atoms with Crippen LogP contribution in [0.15, 0.2) is 0 Å². The Morgan fingerprint density at radius 2 is 2.18 bits per heavy atom. The minimum atomic E-state index is -0.187. The van der Waals surface area contributed by atoms with Gasteiger partial charge in [0.2, 0.25) is 0 Å². The average molecular weight is 253 g/mol. The first-order valence-corrected chi connectivity index (χ1v) is 5.93.